The number of carbonyl (C=O) groups excluding carboxylic acids is 1. The molecule has 1 N–H and O–H groups in total. The lowest BCUT2D eigenvalue weighted by atomic mass is 10.0. The summed E-state index contributed by atoms with van der Waals surface area (Å²) < 4.78 is 1.86. The first-order valence-electron chi connectivity index (χ1n) is 10.3. The molecular formula is C25H26N4O2. The number of hydrogen-bond donors (Lipinski definition) is 1. The van der Waals surface area contributed by atoms with E-state index in [4.69, 9.17) is 4.98 Å². The zero-order valence-electron chi connectivity index (χ0n) is 18.2. The minimum Gasteiger partial charge on any atom is -0.508 e. The van der Waals surface area contributed by atoms with Crippen LogP contribution in [-0.2, 0) is 6.54 Å². The van der Waals surface area contributed by atoms with E-state index in [0.717, 1.165) is 27.8 Å². The fourth-order valence-corrected chi connectivity index (χ4v) is 3.72. The summed E-state index contributed by atoms with van der Waals surface area (Å²) in [6.07, 6.45) is 1.73. The van der Waals surface area contributed by atoms with Gasteiger partial charge in [0.25, 0.3) is 5.91 Å². The number of fused-ring (bicyclic) bond motifs is 1. The highest BCUT2D eigenvalue weighted by Gasteiger charge is 2.21. The molecule has 1 amide bonds. The fourth-order valence-electron chi connectivity index (χ4n) is 3.72. The summed E-state index contributed by atoms with van der Waals surface area (Å²) in [5.41, 5.74) is 5.08. The van der Waals surface area contributed by atoms with Crippen LogP contribution in [0.4, 0.5) is 0 Å². The minimum absolute atomic E-state index is 0.0985. The molecule has 0 atom stereocenters. The molecule has 0 fully saturated rings. The second-order valence-electron chi connectivity index (χ2n) is 8.12. The molecule has 31 heavy (non-hydrogen) atoms. The highest BCUT2D eigenvalue weighted by Crippen LogP contribution is 2.29. The molecule has 0 aliphatic carbocycles. The summed E-state index contributed by atoms with van der Waals surface area (Å²) in [6, 6.07) is 16.9. The van der Waals surface area contributed by atoms with Gasteiger partial charge in [-0.3, -0.25) is 4.79 Å². The second-order valence-corrected chi connectivity index (χ2v) is 8.12. The Labute approximate surface area is 181 Å². The molecule has 0 aliphatic rings. The first-order chi connectivity index (χ1) is 14.8. The van der Waals surface area contributed by atoms with Crippen molar-refractivity contribution in [1.29, 1.82) is 0 Å². The molecule has 6 nitrogen and oxygen atoms in total. The van der Waals surface area contributed by atoms with Crippen molar-refractivity contribution >= 4 is 16.9 Å². The maximum Gasteiger partial charge on any atom is 0.254 e. The minimum atomic E-state index is -0.0985. The number of benzene rings is 2. The van der Waals surface area contributed by atoms with Crippen LogP contribution in [0.3, 0.4) is 0 Å². The SMILES string of the molecule is Cc1ccccc1-c1cc(C(=O)N(C)Cc2ccc(O)cc2)c2cnn(C(C)C)c2n1. The van der Waals surface area contributed by atoms with Gasteiger partial charge in [0.1, 0.15) is 5.75 Å². The number of phenols is 1. The number of hydrogen-bond acceptors (Lipinski definition) is 4. The lowest BCUT2D eigenvalue weighted by Gasteiger charge is -2.19. The van der Waals surface area contributed by atoms with Gasteiger partial charge in [0, 0.05) is 25.2 Å². The van der Waals surface area contributed by atoms with Crippen LogP contribution in [-0.4, -0.2) is 37.7 Å². The molecule has 4 rings (SSSR count). The van der Waals surface area contributed by atoms with Crippen molar-refractivity contribution in [1.82, 2.24) is 19.7 Å². The molecule has 158 valence electrons. The predicted octanol–water partition coefficient (Wildman–Crippen LogP) is 4.97. The molecular weight excluding hydrogens is 388 g/mol. The van der Waals surface area contributed by atoms with E-state index in [1.54, 1.807) is 30.3 Å². The molecule has 0 aliphatic heterocycles. The topological polar surface area (TPSA) is 71.2 Å². The molecule has 0 saturated carbocycles. The Bertz CT molecular complexity index is 1240. The lowest BCUT2D eigenvalue weighted by Crippen LogP contribution is -2.26. The lowest BCUT2D eigenvalue weighted by molar-refractivity contribution is 0.0787. The van der Waals surface area contributed by atoms with Crippen LogP contribution in [0.2, 0.25) is 0 Å². The van der Waals surface area contributed by atoms with E-state index in [1.807, 2.05) is 67.9 Å². The maximum absolute atomic E-state index is 13.5. The van der Waals surface area contributed by atoms with E-state index < -0.39 is 0 Å². The van der Waals surface area contributed by atoms with Crippen molar-refractivity contribution < 1.29 is 9.90 Å². The average molecular weight is 415 g/mol. The molecule has 0 bridgehead atoms. The molecule has 0 unspecified atom stereocenters. The van der Waals surface area contributed by atoms with E-state index in [0.29, 0.717) is 17.8 Å². The number of aryl methyl sites for hydroxylation is 1. The van der Waals surface area contributed by atoms with Crippen LogP contribution in [0.25, 0.3) is 22.3 Å². The van der Waals surface area contributed by atoms with E-state index in [1.165, 1.54) is 0 Å². The largest absolute Gasteiger partial charge is 0.508 e. The van der Waals surface area contributed by atoms with Gasteiger partial charge in [0.05, 0.1) is 22.8 Å². The maximum atomic E-state index is 13.5. The Morgan fingerprint density at radius 3 is 2.52 bits per heavy atom. The highest BCUT2D eigenvalue weighted by molar-refractivity contribution is 6.06. The third-order valence-corrected chi connectivity index (χ3v) is 5.41. The Hall–Kier alpha value is -3.67. The first kappa shape index (κ1) is 20.6. The third kappa shape index (κ3) is 4.01. The molecule has 2 aromatic heterocycles. The van der Waals surface area contributed by atoms with Gasteiger partial charge in [0.15, 0.2) is 5.65 Å². The van der Waals surface area contributed by atoms with Crippen LogP contribution in [0.1, 0.15) is 41.4 Å². The van der Waals surface area contributed by atoms with E-state index in [-0.39, 0.29) is 17.7 Å². The van der Waals surface area contributed by atoms with Crippen LogP contribution in [0.5, 0.6) is 5.75 Å². The molecule has 0 spiro atoms. The number of aromatic nitrogens is 3. The van der Waals surface area contributed by atoms with Crippen molar-refractivity contribution in [2.45, 2.75) is 33.4 Å². The Balaban J connectivity index is 1.81. The van der Waals surface area contributed by atoms with Crippen molar-refractivity contribution in [3.8, 4) is 17.0 Å². The van der Waals surface area contributed by atoms with E-state index in [2.05, 4.69) is 5.10 Å². The van der Waals surface area contributed by atoms with Crippen molar-refractivity contribution in [3.05, 3.63) is 77.5 Å². The van der Waals surface area contributed by atoms with Gasteiger partial charge >= 0.3 is 0 Å². The van der Waals surface area contributed by atoms with Gasteiger partial charge in [-0.1, -0.05) is 36.4 Å². The standard InChI is InChI=1S/C25H26N4O2/c1-16(2)29-24-22(14-26-29)21(13-23(27-24)20-8-6-5-7-17(20)3)25(31)28(4)15-18-9-11-19(30)12-10-18/h5-14,16,30H,15H2,1-4H3. The van der Waals surface area contributed by atoms with Gasteiger partial charge in [-0.05, 0) is 50.1 Å². The zero-order chi connectivity index (χ0) is 22.1. The first-order valence-corrected chi connectivity index (χ1v) is 10.3. The summed E-state index contributed by atoms with van der Waals surface area (Å²) >= 11 is 0. The van der Waals surface area contributed by atoms with Gasteiger partial charge < -0.3 is 10.0 Å². The molecule has 4 aromatic rings. The van der Waals surface area contributed by atoms with Crippen LogP contribution >= 0.6 is 0 Å². The van der Waals surface area contributed by atoms with Gasteiger partial charge in [-0.25, -0.2) is 9.67 Å². The van der Waals surface area contributed by atoms with Gasteiger partial charge in [0.2, 0.25) is 0 Å². The van der Waals surface area contributed by atoms with Crippen LogP contribution in [0, 0.1) is 6.92 Å². The number of phenolic OH excluding ortho intramolecular Hbond substituents is 1. The van der Waals surface area contributed by atoms with Gasteiger partial charge in [-0.15, -0.1) is 0 Å². The summed E-state index contributed by atoms with van der Waals surface area (Å²) in [5, 5.41) is 14.8. The number of carbonyl (C=O) groups is 1. The molecule has 0 radical (unpaired) electrons. The van der Waals surface area contributed by atoms with Crippen molar-refractivity contribution in [2.75, 3.05) is 7.05 Å². The van der Waals surface area contributed by atoms with Crippen LogP contribution < -0.4 is 0 Å². The Morgan fingerprint density at radius 2 is 1.84 bits per heavy atom. The number of pyridine rings is 1. The molecule has 2 aromatic carbocycles. The highest BCUT2D eigenvalue weighted by atomic mass is 16.3. The van der Waals surface area contributed by atoms with E-state index >= 15 is 0 Å². The summed E-state index contributed by atoms with van der Waals surface area (Å²) in [4.78, 5) is 20.1. The van der Waals surface area contributed by atoms with Gasteiger partial charge in [-0.2, -0.15) is 5.10 Å². The molecule has 0 saturated heterocycles. The molecule has 6 heteroatoms. The van der Waals surface area contributed by atoms with Crippen molar-refractivity contribution in [3.63, 3.8) is 0 Å². The zero-order valence-corrected chi connectivity index (χ0v) is 18.2. The summed E-state index contributed by atoms with van der Waals surface area (Å²) in [5.74, 6) is 0.108. The Morgan fingerprint density at radius 1 is 1.13 bits per heavy atom. The fraction of sp³-hybridized carbons (Fsp3) is 0.240. The molecule has 2 heterocycles. The third-order valence-electron chi connectivity index (χ3n) is 5.41. The predicted molar refractivity (Wildman–Crippen MR) is 122 cm³/mol. The van der Waals surface area contributed by atoms with Crippen LogP contribution in [0.15, 0.2) is 60.8 Å². The number of nitrogens with zero attached hydrogens (tertiary/aromatic N) is 4. The Kier molecular flexibility index (Phi) is 5.46. The van der Waals surface area contributed by atoms with E-state index in [9.17, 15) is 9.90 Å². The number of aromatic hydroxyl groups is 1. The smallest absolute Gasteiger partial charge is 0.254 e. The second kappa shape index (κ2) is 8.22. The van der Waals surface area contributed by atoms with Crippen molar-refractivity contribution in [2.24, 2.45) is 0 Å². The monoisotopic (exact) mass is 414 g/mol. The average Bonchev–Trinajstić information content (AvgIpc) is 3.19. The summed E-state index contributed by atoms with van der Waals surface area (Å²) in [6.45, 7) is 6.57. The quantitative estimate of drug-likeness (QED) is 0.501. The number of amides is 1. The number of rotatable bonds is 5. The normalized spacial score (nSPS) is 11.3. The summed E-state index contributed by atoms with van der Waals surface area (Å²) in [7, 11) is 1.78.